The highest BCUT2D eigenvalue weighted by Gasteiger charge is 2.22. The minimum absolute atomic E-state index is 0.135. The van der Waals surface area contributed by atoms with Crippen LogP contribution in [-0.2, 0) is 23.3 Å². The molecule has 0 aromatic carbocycles. The molecule has 1 aliphatic heterocycles. The van der Waals surface area contributed by atoms with E-state index in [2.05, 4.69) is 30.7 Å². The summed E-state index contributed by atoms with van der Waals surface area (Å²) < 4.78 is 14.7. The normalized spacial score (nSPS) is 14.0. The van der Waals surface area contributed by atoms with Crippen molar-refractivity contribution in [2.24, 2.45) is 7.05 Å². The van der Waals surface area contributed by atoms with Crippen molar-refractivity contribution in [3.05, 3.63) is 57.6 Å². The van der Waals surface area contributed by atoms with Crippen molar-refractivity contribution in [1.29, 1.82) is 5.26 Å². The van der Waals surface area contributed by atoms with E-state index in [4.69, 9.17) is 14.5 Å². The average molecular weight is 577 g/mol. The first-order valence-electron chi connectivity index (χ1n) is 13.2. The van der Waals surface area contributed by atoms with Crippen molar-refractivity contribution in [2.75, 3.05) is 32.9 Å². The van der Waals surface area contributed by atoms with Crippen LogP contribution in [0.2, 0.25) is 25.7 Å². The molecule has 0 saturated carbocycles. The summed E-state index contributed by atoms with van der Waals surface area (Å²) in [6, 6.07) is 6.65. The number of carbonyl (C=O) groups excluding carboxylic acids is 1. The van der Waals surface area contributed by atoms with Crippen molar-refractivity contribution in [3.8, 4) is 27.9 Å². The number of amides is 1. The molecule has 12 heteroatoms. The molecule has 0 unspecified atom stereocenters. The molecule has 1 fully saturated rings. The van der Waals surface area contributed by atoms with Gasteiger partial charge in [-0.1, -0.05) is 19.6 Å². The summed E-state index contributed by atoms with van der Waals surface area (Å²) in [5.74, 6) is -0.135. The molecule has 40 heavy (non-hydrogen) atoms. The molecule has 1 amide bonds. The Hall–Kier alpha value is -3.63. The van der Waals surface area contributed by atoms with E-state index in [0.29, 0.717) is 72.7 Å². The van der Waals surface area contributed by atoms with Gasteiger partial charge < -0.3 is 23.5 Å². The van der Waals surface area contributed by atoms with Gasteiger partial charge in [0.05, 0.1) is 35.6 Å². The van der Waals surface area contributed by atoms with Gasteiger partial charge in [0.25, 0.3) is 11.5 Å². The number of hydrogen-bond donors (Lipinski definition) is 0. The number of morpholine rings is 1. The molecule has 5 heterocycles. The van der Waals surface area contributed by atoms with Gasteiger partial charge in [-0.2, -0.15) is 5.26 Å². The van der Waals surface area contributed by atoms with Crippen LogP contribution in [0.25, 0.3) is 32.9 Å². The minimum Gasteiger partial charge on any atom is -0.378 e. The van der Waals surface area contributed by atoms with Gasteiger partial charge in [-0.3, -0.25) is 9.59 Å². The summed E-state index contributed by atoms with van der Waals surface area (Å²) in [4.78, 5) is 37.3. The summed E-state index contributed by atoms with van der Waals surface area (Å²) in [6.45, 7) is 9.97. The van der Waals surface area contributed by atoms with E-state index in [9.17, 15) is 14.9 Å². The predicted molar refractivity (Wildman–Crippen MR) is 157 cm³/mol. The van der Waals surface area contributed by atoms with Gasteiger partial charge in [-0.25, -0.2) is 9.97 Å². The molecule has 208 valence electrons. The maximum atomic E-state index is 13.1. The summed E-state index contributed by atoms with van der Waals surface area (Å²) in [6.07, 6.45) is 5.06. The number of aryl methyl sites for hydroxylation is 1. The summed E-state index contributed by atoms with van der Waals surface area (Å²) in [5.41, 5.74) is 3.18. The molecule has 0 aliphatic carbocycles. The lowest BCUT2D eigenvalue weighted by molar-refractivity contribution is 0.0302. The molecule has 10 nitrogen and oxygen atoms in total. The molecular weight excluding hydrogens is 544 g/mol. The standard InChI is InChI=1S/C28H32N6O4SSi/c1-32-15-20(27(35)33-5-7-37-8-6-33)12-22(28(32)36)26-31-24(17-39-26)23-16-34(18-38-9-10-40(2,3)4)25-21(23)11-19(13-29)14-30-25/h11-12,14-17H,5-10,18H2,1-4H3. The Labute approximate surface area is 237 Å². The minimum atomic E-state index is -1.22. The summed E-state index contributed by atoms with van der Waals surface area (Å²) in [7, 11) is 0.421. The monoisotopic (exact) mass is 576 g/mol. The van der Waals surface area contributed by atoms with Crippen LogP contribution >= 0.6 is 11.3 Å². The lowest BCUT2D eigenvalue weighted by Crippen LogP contribution is -2.41. The fourth-order valence-corrected chi connectivity index (χ4v) is 6.11. The van der Waals surface area contributed by atoms with Gasteiger partial charge in [0.2, 0.25) is 0 Å². The third kappa shape index (κ3) is 5.92. The van der Waals surface area contributed by atoms with Crippen LogP contribution in [0.3, 0.4) is 0 Å². The molecule has 0 radical (unpaired) electrons. The second kappa shape index (κ2) is 11.5. The number of aromatic nitrogens is 4. The molecule has 0 N–H and O–H groups in total. The van der Waals surface area contributed by atoms with Gasteiger partial charge in [-0.05, 0) is 18.2 Å². The van der Waals surface area contributed by atoms with Crippen LogP contribution in [0.4, 0.5) is 0 Å². The highest BCUT2D eigenvalue weighted by molar-refractivity contribution is 7.13. The zero-order chi connectivity index (χ0) is 28.4. The third-order valence-electron chi connectivity index (χ3n) is 6.81. The predicted octanol–water partition coefficient (Wildman–Crippen LogP) is 4.18. The Kier molecular flexibility index (Phi) is 8.00. The van der Waals surface area contributed by atoms with E-state index < -0.39 is 8.07 Å². The summed E-state index contributed by atoms with van der Waals surface area (Å²) >= 11 is 1.34. The summed E-state index contributed by atoms with van der Waals surface area (Å²) in [5, 5.41) is 12.7. The molecule has 0 spiro atoms. The molecule has 4 aromatic rings. The molecule has 4 aromatic heterocycles. The first kappa shape index (κ1) is 27.9. The number of nitriles is 1. The lowest BCUT2D eigenvalue weighted by Gasteiger charge is -2.27. The first-order valence-corrected chi connectivity index (χ1v) is 17.7. The number of ether oxygens (including phenoxy) is 2. The van der Waals surface area contributed by atoms with E-state index in [-0.39, 0.29) is 11.5 Å². The van der Waals surface area contributed by atoms with Crippen LogP contribution in [0, 0.1) is 11.3 Å². The van der Waals surface area contributed by atoms with Crippen LogP contribution in [0.5, 0.6) is 0 Å². The Morgan fingerprint density at radius 1 is 1.20 bits per heavy atom. The van der Waals surface area contributed by atoms with Gasteiger partial charge in [-0.15, -0.1) is 11.3 Å². The van der Waals surface area contributed by atoms with Crippen molar-refractivity contribution in [3.63, 3.8) is 0 Å². The molecule has 1 aliphatic rings. The molecule has 0 bridgehead atoms. The SMILES string of the molecule is Cn1cc(C(=O)N2CCOCC2)cc(-c2nc(-c3cn(COCC[Si](C)(C)C)c4ncc(C#N)cc34)cs2)c1=O. The number of rotatable bonds is 8. The quantitative estimate of drug-likeness (QED) is 0.228. The molecule has 0 atom stereocenters. The van der Waals surface area contributed by atoms with Crippen molar-refractivity contribution in [2.45, 2.75) is 32.4 Å². The topological polar surface area (TPSA) is 115 Å². The Morgan fingerprint density at radius 2 is 1.98 bits per heavy atom. The van der Waals surface area contributed by atoms with Crippen molar-refractivity contribution in [1.82, 2.24) is 24.0 Å². The number of nitrogens with zero attached hydrogens (tertiary/aromatic N) is 6. The zero-order valence-electron chi connectivity index (χ0n) is 23.1. The van der Waals surface area contributed by atoms with E-state index in [0.717, 1.165) is 17.0 Å². The van der Waals surface area contributed by atoms with Crippen LogP contribution in [0.15, 0.2) is 40.9 Å². The Morgan fingerprint density at radius 3 is 2.70 bits per heavy atom. The second-order valence-corrected chi connectivity index (χ2v) is 17.5. The maximum absolute atomic E-state index is 13.1. The van der Waals surface area contributed by atoms with E-state index in [1.54, 1.807) is 36.5 Å². The van der Waals surface area contributed by atoms with Crippen LogP contribution in [0.1, 0.15) is 15.9 Å². The van der Waals surface area contributed by atoms with Crippen molar-refractivity contribution < 1.29 is 14.3 Å². The number of carbonyl (C=O) groups is 1. The number of thiazole rings is 1. The maximum Gasteiger partial charge on any atom is 0.260 e. The largest absolute Gasteiger partial charge is 0.378 e. The van der Waals surface area contributed by atoms with Gasteiger partial charge in [0.15, 0.2) is 0 Å². The Balaban J connectivity index is 1.49. The molecule has 5 rings (SSSR count). The number of hydrogen-bond acceptors (Lipinski definition) is 8. The Bertz CT molecular complexity index is 1660. The average Bonchev–Trinajstić information content (AvgIpc) is 3.57. The number of fused-ring (bicyclic) bond motifs is 1. The highest BCUT2D eigenvalue weighted by atomic mass is 32.1. The first-order chi connectivity index (χ1) is 19.1. The zero-order valence-corrected chi connectivity index (χ0v) is 25.0. The highest BCUT2D eigenvalue weighted by Crippen LogP contribution is 2.33. The van der Waals surface area contributed by atoms with E-state index in [1.807, 2.05) is 16.1 Å². The fraction of sp³-hybridized carbons (Fsp3) is 0.393. The third-order valence-corrected chi connectivity index (χ3v) is 9.39. The number of pyridine rings is 2. The van der Waals surface area contributed by atoms with Crippen LogP contribution < -0.4 is 5.56 Å². The van der Waals surface area contributed by atoms with Crippen molar-refractivity contribution >= 4 is 36.4 Å². The van der Waals surface area contributed by atoms with E-state index in [1.165, 1.54) is 15.9 Å². The van der Waals surface area contributed by atoms with E-state index >= 15 is 0 Å². The smallest absolute Gasteiger partial charge is 0.260 e. The fourth-order valence-electron chi connectivity index (χ4n) is 4.53. The lowest BCUT2D eigenvalue weighted by atomic mass is 10.1. The molecule has 1 saturated heterocycles. The molecular formula is C28H32N6O4SSi. The van der Waals surface area contributed by atoms with Crippen LogP contribution in [-0.4, -0.2) is 70.9 Å². The van der Waals surface area contributed by atoms with Gasteiger partial charge in [0.1, 0.15) is 23.5 Å². The second-order valence-electron chi connectivity index (χ2n) is 11.1. The van der Waals surface area contributed by atoms with Gasteiger partial charge in [0, 0.05) is 69.7 Å². The van der Waals surface area contributed by atoms with Gasteiger partial charge >= 0.3 is 0 Å².